The van der Waals surface area contributed by atoms with E-state index in [1.54, 1.807) is 6.92 Å². The van der Waals surface area contributed by atoms with Gasteiger partial charge in [-0.3, -0.25) is 14.5 Å². The zero-order valence-electron chi connectivity index (χ0n) is 24.0. The number of nitrogens with zero attached hydrogens (tertiary/aromatic N) is 1. The molecule has 4 rings (SSSR count). The van der Waals surface area contributed by atoms with Crippen LogP contribution in [0.4, 0.5) is 0 Å². The first-order chi connectivity index (χ1) is 19.5. The summed E-state index contributed by atoms with van der Waals surface area (Å²) < 4.78 is 0. The van der Waals surface area contributed by atoms with Crippen molar-refractivity contribution < 1.29 is 14.4 Å². The van der Waals surface area contributed by atoms with Crippen molar-refractivity contribution in [1.29, 1.82) is 0 Å². The molecule has 3 aromatic rings. The average molecular weight is 545 g/mol. The minimum absolute atomic E-state index is 0.0478. The van der Waals surface area contributed by atoms with Gasteiger partial charge in [-0.05, 0) is 69.3 Å². The minimum atomic E-state index is -0.581. The summed E-state index contributed by atoms with van der Waals surface area (Å²) >= 11 is 0. The van der Waals surface area contributed by atoms with E-state index in [1.165, 1.54) is 5.56 Å². The van der Waals surface area contributed by atoms with E-state index in [4.69, 9.17) is 0 Å². The second-order valence-corrected chi connectivity index (χ2v) is 10.9. The van der Waals surface area contributed by atoms with Crippen LogP contribution in [-0.2, 0) is 20.8 Å². The molecule has 1 fully saturated rings. The quantitative estimate of drug-likeness (QED) is 0.237. The summed E-state index contributed by atoms with van der Waals surface area (Å²) in [5, 5.41) is 7.37. The Kier molecular flexibility index (Phi) is 10.9. The van der Waals surface area contributed by atoms with Gasteiger partial charge in [-0.25, -0.2) is 0 Å². The smallest absolute Gasteiger partial charge is 0.242 e. The molecule has 1 aliphatic rings. The molecule has 0 bridgehead atoms. The van der Waals surface area contributed by atoms with Crippen LogP contribution in [0.15, 0.2) is 54.6 Å². The Morgan fingerprint density at radius 3 is 2.55 bits per heavy atom. The lowest BCUT2D eigenvalue weighted by Crippen LogP contribution is -2.55. The van der Waals surface area contributed by atoms with Crippen LogP contribution < -0.4 is 10.6 Å². The maximum absolute atomic E-state index is 13.4. The predicted octanol–water partition coefficient (Wildman–Crippen LogP) is 5.39. The number of amides is 2. The van der Waals surface area contributed by atoms with Crippen LogP contribution in [0.2, 0.25) is 0 Å². The molecule has 1 saturated heterocycles. The summed E-state index contributed by atoms with van der Waals surface area (Å²) in [5.41, 5.74) is 4.44. The molecular formula is C33H44N4O3. The molecule has 0 saturated carbocycles. The number of likely N-dealkylation sites (N-methyl/N-ethyl adjacent to an activating group) is 1. The van der Waals surface area contributed by atoms with Crippen molar-refractivity contribution in [3.05, 3.63) is 60.2 Å². The van der Waals surface area contributed by atoms with Crippen molar-refractivity contribution in [1.82, 2.24) is 20.5 Å². The summed E-state index contributed by atoms with van der Waals surface area (Å²) in [5.74, 6) is 0.00000997. The van der Waals surface area contributed by atoms with Crippen LogP contribution in [0.5, 0.6) is 0 Å². The van der Waals surface area contributed by atoms with E-state index in [0.29, 0.717) is 25.8 Å². The maximum Gasteiger partial charge on any atom is 0.242 e. The molecule has 40 heavy (non-hydrogen) atoms. The van der Waals surface area contributed by atoms with Crippen LogP contribution >= 0.6 is 0 Å². The Balaban J connectivity index is 1.42. The highest BCUT2D eigenvalue weighted by Gasteiger charge is 2.30. The fraction of sp³-hybridized carbons (Fsp3) is 0.485. The number of hydrogen-bond acceptors (Lipinski definition) is 4. The number of piperidine rings is 1. The number of aromatic amines is 1. The number of unbranched alkanes of at least 4 members (excludes halogenated alkanes) is 2. The van der Waals surface area contributed by atoms with Crippen LogP contribution in [0.25, 0.3) is 22.2 Å². The second kappa shape index (κ2) is 14.8. The fourth-order valence-corrected chi connectivity index (χ4v) is 5.85. The van der Waals surface area contributed by atoms with E-state index in [1.807, 2.05) is 30.3 Å². The van der Waals surface area contributed by atoms with Crippen LogP contribution in [0, 0.1) is 0 Å². The number of rotatable bonds is 14. The molecule has 2 aromatic carbocycles. The molecular weight excluding hydrogens is 500 g/mol. The van der Waals surface area contributed by atoms with Gasteiger partial charge in [-0.2, -0.15) is 0 Å². The Labute approximate surface area is 238 Å². The number of para-hydroxylation sites is 1. The van der Waals surface area contributed by atoms with Crippen LogP contribution in [-0.4, -0.2) is 59.2 Å². The van der Waals surface area contributed by atoms with Gasteiger partial charge in [-0.1, -0.05) is 74.7 Å². The van der Waals surface area contributed by atoms with Crippen molar-refractivity contribution in [2.45, 2.75) is 83.7 Å². The van der Waals surface area contributed by atoms with Gasteiger partial charge in [0.2, 0.25) is 11.8 Å². The molecule has 0 spiro atoms. The van der Waals surface area contributed by atoms with Crippen molar-refractivity contribution in [3.8, 4) is 11.3 Å². The third-order valence-corrected chi connectivity index (χ3v) is 8.03. The molecule has 7 nitrogen and oxygen atoms in total. The summed E-state index contributed by atoms with van der Waals surface area (Å²) in [6.07, 6.45) is 7.23. The topological polar surface area (TPSA) is 94.3 Å². The molecule has 0 aliphatic carbocycles. The number of fused-ring (bicyclic) bond motifs is 1. The van der Waals surface area contributed by atoms with Gasteiger partial charge in [0.1, 0.15) is 11.8 Å². The Morgan fingerprint density at radius 1 is 1.00 bits per heavy atom. The molecule has 2 atom stereocenters. The monoisotopic (exact) mass is 544 g/mol. The number of H-pyrrole nitrogens is 1. The number of ketones is 1. The van der Waals surface area contributed by atoms with Crippen LogP contribution in [0.1, 0.15) is 70.8 Å². The number of aromatic nitrogens is 1. The van der Waals surface area contributed by atoms with Crippen molar-refractivity contribution in [3.63, 3.8) is 0 Å². The normalized spacial score (nSPS) is 16.5. The summed E-state index contributed by atoms with van der Waals surface area (Å²) in [7, 11) is 0. The van der Waals surface area contributed by atoms with Gasteiger partial charge >= 0.3 is 0 Å². The van der Waals surface area contributed by atoms with E-state index in [2.05, 4.69) is 51.7 Å². The van der Waals surface area contributed by atoms with Gasteiger partial charge < -0.3 is 20.4 Å². The molecule has 1 aliphatic heterocycles. The number of hydrogen-bond donors (Lipinski definition) is 3. The number of Topliss-reactive ketones (excluding diaryl/α,β-unsaturated/α-hetero) is 1. The van der Waals surface area contributed by atoms with E-state index in [9.17, 15) is 14.4 Å². The lowest BCUT2D eigenvalue weighted by molar-refractivity contribution is -0.133. The second-order valence-electron chi connectivity index (χ2n) is 10.9. The van der Waals surface area contributed by atoms with E-state index < -0.39 is 6.04 Å². The van der Waals surface area contributed by atoms with Gasteiger partial charge in [0.05, 0.1) is 6.04 Å². The minimum Gasteiger partial charge on any atom is -0.354 e. The first-order valence-corrected chi connectivity index (χ1v) is 14.9. The maximum atomic E-state index is 13.4. The molecule has 214 valence electrons. The third kappa shape index (κ3) is 7.81. The molecule has 2 heterocycles. The highest BCUT2D eigenvalue weighted by Crippen LogP contribution is 2.30. The van der Waals surface area contributed by atoms with Gasteiger partial charge in [0, 0.05) is 29.6 Å². The molecule has 1 unspecified atom stereocenters. The Morgan fingerprint density at radius 2 is 1.77 bits per heavy atom. The molecule has 3 N–H and O–H groups in total. The Hall–Kier alpha value is -3.45. The predicted molar refractivity (Wildman–Crippen MR) is 161 cm³/mol. The SMILES string of the molecule is CCN1CCCCC1C(=O)N[C@@H](CCCCCC(C)=O)C(=O)NCCc1c(-c2ccccc2)[nH]c2ccccc12. The van der Waals surface area contributed by atoms with E-state index >= 15 is 0 Å². The van der Waals surface area contributed by atoms with Crippen LogP contribution in [0.3, 0.4) is 0 Å². The summed E-state index contributed by atoms with van der Waals surface area (Å²) in [6.45, 7) is 5.91. The summed E-state index contributed by atoms with van der Waals surface area (Å²) in [6, 6.07) is 17.7. The number of carbonyl (C=O) groups is 3. The van der Waals surface area contributed by atoms with Crippen molar-refractivity contribution >= 4 is 28.5 Å². The molecule has 0 radical (unpaired) electrons. The van der Waals surface area contributed by atoms with E-state index in [-0.39, 0.29) is 23.6 Å². The molecule has 7 heteroatoms. The number of likely N-dealkylation sites (tertiary alicyclic amines) is 1. The van der Waals surface area contributed by atoms with Gasteiger partial charge in [0.25, 0.3) is 0 Å². The lowest BCUT2D eigenvalue weighted by atomic mass is 10.00. The zero-order chi connectivity index (χ0) is 28.3. The largest absolute Gasteiger partial charge is 0.354 e. The third-order valence-electron chi connectivity index (χ3n) is 8.03. The summed E-state index contributed by atoms with van der Waals surface area (Å²) in [4.78, 5) is 43.8. The average Bonchev–Trinajstić information content (AvgIpc) is 3.35. The first kappa shape index (κ1) is 29.5. The highest BCUT2D eigenvalue weighted by molar-refractivity contribution is 5.91. The molecule has 2 amide bonds. The lowest BCUT2D eigenvalue weighted by Gasteiger charge is -2.34. The highest BCUT2D eigenvalue weighted by atomic mass is 16.2. The Bertz CT molecular complexity index is 1270. The van der Waals surface area contributed by atoms with E-state index in [0.717, 1.165) is 73.8 Å². The van der Waals surface area contributed by atoms with Crippen molar-refractivity contribution in [2.24, 2.45) is 0 Å². The number of nitrogens with one attached hydrogen (secondary N) is 3. The molecule has 1 aromatic heterocycles. The standard InChI is InChI=1S/C33H44N4O3/c1-3-37-23-13-12-20-30(37)33(40)36-29(19-9-4-6-14-24(2)38)32(39)34-22-21-27-26-17-10-11-18-28(26)35-31(27)25-15-7-5-8-16-25/h5,7-8,10-11,15-18,29-30,35H,3-4,6,9,12-14,19-23H2,1-2H3,(H,34,39)(H,36,40)/t29-,30?/m0/s1. The van der Waals surface area contributed by atoms with Gasteiger partial charge in [-0.15, -0.1) is 0 Å². The fourth-order valence-electron chi connectivity index (χ4n) is 5.85. The zero-order valence-corrected chi connectivity index (χ0v) is 24.0. The van der Waals surface area contributed by atoms with Gasteiger partial charge in [0.15, 0.2) is 0 Å². The number of benzene rings is 2. The van der Waals surface area contributed by atoms with Crippen molar-refractivity contribution in [2.75, 3.05) is 19.6 Å². The first-order valence-electron chi connectivity index (χ1n) is 14.9. The number of carbonyl (C=O) groups excluding carboxylic acids is 3.